The van der Waals surface area contributed by atoms with Crippen LogP contribution >= 0.6 is 0 Å². The normalized spacial score (nSPS) is 34.5. The van der Waals surface area contributed by atoms with Crippen molar-refractivity contribution < 1.29 is 4.79 Å². The number of hydrogen-bond donors (Lipinski definition) is 0. The van der Waals surface area contributed by atoms with Gasteiger partial charge in [-0.25, -0.2) is 0 Å². The first-order chi connectivity index (χ1) is 6.03. The molecule has 0 aromatic heterocycles. The molecule has 0 bridgehead atoms. The monoisotopic (exact) mass is 180 g/mol. The fraction of sp³-hybridized carbons (Fsp3) is 0.750. The van der Waals surface area contributed by atoms with Gasteiger partial charge in [0.05, 0.1) is 0 Å². The van der Waals surface area contributed by atoms with E-state index in [0.29, 0.717) is 11.8 Å². The predicted octanol–water partition coefficient (Wildman–Crippen LogP) is 3.20. The molecule has 0 heterocycles. The summed E-state index contributed by atoms with van der Waals surface area (Å²) >= 11 is 0. The van der Waals surface area contributed by atoms with E-state index in [1.165, 1.54) is 11.9 Å². The van der Waals surface area contributed by atoms with E-state index in [4.69, 9.17) is 0 Å². The first kappa shape index (κ1) is 10.5. The van der Waals surface area contributed by atoms with Crippen LogP contribution in [0.15, 0.2) is 11.6 Å². The molecule has 1 aliphatic rings. The summed E-state index contributed by atoms with van der Waals surface area (Å²) in [6.07, 6.45) is 5.56. The fourth-order valence-electron chi connectivity index (χ4n) is 2.42. The van der Waals surface area contributed by atoms with Crippen molar-refractivity contribution in [2.24, 2.45) is 17.3 Å². The summed E-state index contributed by atoms with van der Waals surface area (Å²) in [5.74, 6) is 0.850. The number of rotatable bonds is 2. The highest BCUT2D eigenvalue weighted by molar-refractivity contribution is 5.61. The van der Waals surface area contributed by atoms with Crippen LogP contribution in [0.5, 0.6) is 0 Å². The van der Waals surface area contributed by atoms with Crippen LogP contribution in [0.1, 0.15) is 40.5 Å². The Morgan fingerprint density at radius 1 is 1.62 bits per heavy atom. The van der Waals surface area contributed by atoms with Gasteiger partial charge < -0.3 is 4.79 Å². The molecule has 74 valence electrons. The highest BCUT2D eigenvalue weighted by atomic mass is 16.1. The third-order valence-electron chi connectivity index (χ3n) is 3.63. The van der Waals surface area contributed by atoms with Crippen molar-refractivity contribution in [3.05, 3.63) is 11.6 Å². The first-order valence-electron chi connectivity index (χ1n) is 5.16. The third kappa shape index (κ3) is 1.70. The Kier molecular flexibility index (Phi) is 2.94. The maximum Gasteiger partial charge on any atom is 0.126 e. The smallest absolute Gasteiger partial charge is 0.126 e. The van der Waals surface area contributed by atoms with Crippen LogP contribution in [0, 0.1) is 17.3 Å². The standard InChI is InChI=1S/C12H20O/c1-9(2)12(8-13)6-5-10(3)7-11(12)4/h7-9,11H,5-6H2,1-4H3. The highest BCUT2D eigenvalue weighted by Gasteiger charge is 2.39. The second-order valence-electron chi connectivity index (χ2n) is 4.69. The minimum Gasteiger partial charge on any atom is -0.303 e. The molecule has 0 aromatic rings. The van der Waals surface area contributed by atoms with Crippen molar-refractivity contribution in [1.82, 2.24) is 0 Å². The van der Waals surface area contributed by atoms with Crippen molar-refractivity contribution in [3.8, 4) is 0 Å². The molecular weight excluding hydrogens is 160 g/mol. The number of hydrogen-bond acceptors (Lipinski definition) is 1. The lowest BCUT2D eigenvalue weighted by molar-refractivity contribution is -0.121. The largest absolute Gasteiger partial charge is 0.303 e. The molecule has 1 aliphatic carbocycles. The lowest BCUT2D eigenvalue weighted by atomic mass is 9.63. The van der Waals surface area contributed by atoms with E-state index in [-0.39, 0.29) is 5.41 Å². The highest BCUT2D eigenvalue weighted by Crippen LogP contribution is 2.43. The molecule has 0 saturated carbocycles. The molecule has 0 aromatic carbocycles. The van der Waals surface area contributed by atoms with Gasteiger partial charge in [0.2, 0.25) is 0 Å². The second-order valence-corrected chi connectivity index (χ2v) is 4.69. The SMILES string of the molecule is CC1=CC(C)C(C=O)(C(C)C)CC1. The fourth-order valence-corrected chi connectivity index (χ4v) is 2.42. The van der Waals surface area contributed by atoms with E-state index in [0.717, 1.165) is 12.8 Å². The Morgan fingerprint density at radius 2 is 2.23 bits per heavy atom. The lowest BCUT2D eigenvalue weighted by Crippen LogP contribution is -2.37. The Balaban J connectivity index is 2.96. The zero-order valence-corrected chi connectivity index (χ0v) is 9.13. The molecular formula is C12H20O. The van der Waals surface area contributed by atoms with Crippen LogP contribution < -0.4 is 0 Å². The summed E-state index contributed by atoms with van der Waals surface area (Å²) in [6, 6.07) is 0. The minimum absolute atomic E-state index is 0.0977. The molecule has 0 fully saturated rings. The number of carbonyl (C=O) groups excluding carboxylic acids is 1. The van der Waals surface area contributed by atoms with E-state index >= 15 is 0 Å². The Labute approximate surface area is 81.2 Å². The van der Waals surface area contributed by atoms with E-state index < -0.39 is 0 Å². The molecule has 2 atom stereocenters. The van der Waals surface area contributed by atoms with Crippen molar-refractivity contribution in [2.75, 3.05) is 0 Å². The molecule has 13 heavy (non-hydrogen) atoms. The quantitative estimate of drug-likeness (QED) is 0.471. The maximum atomic E-state index is 11.2. The van der Waals surface area contributed by atoms with Crippen LogP contribution in [0.2, 0.25) is 0 Å². The van der Waals surface area contributed by atoms with E-state index in [1.807, 2.05) is 0 Å². The van der Waals surface area contributed by atoms with Gasteiger partial charge in [0.25, 0.3) is 0 Å². The van der Waals surface area contributed by atoms with Gasteiger partial charge in [-0.3, -0.25) is 0 Å². The average Bonchev–Trinajstić information content (AvgIpc) is 2.04. The van der Waals surface area contributed by atoms with Gasteiger partial charge in [-0.2, -0.15) is 0 Å². The van der Waals surface area contributed by atoms with Gasteiger partial charge in [0.1, 0.15) is 6.29 Å². The number of allylic oxidation sites excluding steroid dienone is 2. The first-order valence-corrected chi connectivity index (χ1v) is 5.16. The summed E-state index contributed by atoms with van der Waals surface area (Å²) in [7, 11) is 0. The lowest BCUT2D eigenvalue weighted by Gasteiger charge is -2.40. The van der Waals surface area contributed by atoms with Gasteiger partial charge in [-0.05, 0) is 31.6 Å². The van der Waals surface area contributed by atoms with Crippen LogP contribution in [-0.4, -0.2) is 6.29 Å². The Bertz CT molecular complexity index is 227. The molecule has 0 saturated heterocycles. The van der Waals surface area contributed by atoms with E-state index in [9.17, 15) is 4.79 Å². The minimum atomic E-state index is -0.0977. The molecule has 1 nitrogen and oxygen atoms in total. The molecule has 0 N–H and O–H groups in total. The molecule has 0 aliphatic heterocycles. The van der Waals surface area contributed by atoms with Crippen molar-refractivity contribution >= 4 is 6.29 Å². The maximum absolute atomic E-state index is 11.2. The topological polar surface area (TPSA) is 17.1 Å². The molecule has 0 amide bonds. The molecule has 2 unspecified atom stereocenters. The summed E-state index contributed by atoms with van der Waals surface area (Å²) in [5.41, 5.74) is 1.34. The number of aldehydes is 1. The van der Waals surface area contributed by atoms with Crippen LogP contribution in [0.25, 0.3) is 0 Å². The summed E-state index contributed by atoms with van der Waals surface area (Å²) in [5, 5.41) is 0. The van der Waals surface area contributed by atoms with Crippen LogP contribution in [0.3, 0.4) is 0 Å². The van der Waals surface area contributed by atoms with Gasteiger partial charge in [-0.1, -0.05) is 32.4 Å². The summed E-state index contributed by atoms with van der Waals surface area (Å²) in [4.78, 5) is 11.2. The third-order valence-corrected chi connectivity index (χ3v) is 3.63. The van der Waals surface area contributed by atoms with Gasteiger partial charge in [-0.15, -0.1) is 0 Å². The van der Waals surface area contributed by atoms with Crippen LogP contribution in [-0.2, 0) is 4.79 Å². The molecule has 1 rings (SSSR count). The second kappa shape index (κ2) is 3.65. The predicted molar refractivity (Wildman–Crippen MR) is 55.5 cm³/mol. The molecule has 0 spiro atoms. The van der Waals surface area contributed by atoms with Crippen LogP contribution in [0.4, 0.5) is 0 Å². The van der Waals surface area contributed by atoms with E-state index in [2.05, 4.69) is 33.8 Å². The van der Waals surface area contributed by atoms with Gasteiger partial charge in [0.15, 0.2) is 0 Å². The summed E-state index contributed by atoms with van der Waals surface area (Å²) in [6.45, 7) is 8.63. The zero-order valence-electron chi connectivity index (χ0n) is 9.13. The van der Waals surface area contributed by atoms with Crippen molar-refractivity contribution in [1.29, 1.82) is 0 Å². The van der Waals surface area contributed by atoms with Crippen molar-refractivity contribution in [2.45, 2.75) is 40.5 Å². The Morgan fingerprint density at radius 3 is 2.62 bits per heavy atom. The van der Waals surface area contributed by atoms with Crippen molar-refractivity contribution in [3.63, 3.8) is 0 Å². The molecule has 1 heteroatoms. The summed E-state index contributed by atoms with van der Waals surface area (Å²) < 4.78 is 0. The van der Waals surface area contributed by atoms with Gasteiger partial charge >= 0.3 is 0 Å². The number of carbonyl (C=O) groups is 1. The average molecular weight is 180 g/mol. The zero-order chi connectivity index (χ0) is 10.1. The van der Waals surface area contributed by atoms with E-state index in [1.54, 1.807) is 0 Å². The van der Waals surface area contributed by atoms with Gasteiger partial charge in [0, 0.05) is 5.41 Å². The Hall–Kier alpha value is -0.590. The molecule has 0 radical (unpaired) electrons.